The van der Waals surface area contributed by atoms with Crippen molar-refractivity contribution in [1.29, 1.82) is 0 Å². The Bertz CT molecular complexity index is 977. The van der Waals surface area contributed by atoms with Crippen molar-refractivity contribution in [3.8, 4) is 11.4 Å². The lowest BCUT2D eigenvalue weighted by atomic mass is 10.0. The molecular weight excluding hydrogens is 364 g/mol. The van der Waals surface area contributed by atoms with Crippen LogP contribution in [0.3, 0.4) is 0 Å². The highest BCUT2D eigenvalue weighted by atomic mass is 16.5. The van der Waals surface area contributed by atoms with Gasteiger partial charge in [0.2, 0.25) is 17.6 Å². The van der Waals surface area contributed by atoms with Gasteiger partial charge in [-0.15, -0.1) is 0 Å². The Hall–Kier alpha value is -2.99. The maximum absolute atomic E-state index is 12.4. The molecule has 0 fully saturated rings. The van der Waals surface area contributed by atoms with E-state index in [4.69, 9.17) is 4.52 Å². The van der Waals surface area contributed by atoms with Crippen LogP contribution in [0.25, 0.3) is 11.4 Å². The van der Waals surface area contributed by atoms with Crippen LogP contribution in [0.1, 0.15) is 42.3 Å². The second-order valence-electron chi connectivity index (χ2n) is 7.76. The number of nitrogens with one attached hydrogen (secondary N) is 1. The second kappa shape index (κ2) is 9.01. The van der Waals surface area contributed by atoms with E-state index in [0.29, 0.717) is 24.2 Å². The summed E-state index contributed by atoms with van der Waals surface area (Å²) in [6.07, 6.45) is 0. The van der Waals surface area contributed by atoms with Gasteiger partial charge in [0.1, 0.15) is 0 Å². The fourth-order valence-electron chi connectivity index (χ4n) is 3.06. The van der Waals surface area contributed by atoms with Crippen LogP contribution < -0.4 is 5.32 Å². The van der Waals surface area contributed by atoms with Crippen LogP contribution in [0.4, 0.5) is 5.69 Å². The number of amides is 1. The summed E-state index contributed by atoms with van der Waals surface area (Å²) in [4.78, 5) is 18.7. The number of hydrogen-bond donors (Lipinski definition) is 1. The summed E-state index contributed by atoms with van der Waals surface area (Å²) in [6, 6.07) is 14.1. The van der Waals surface area contributed by atoms with Crippen molar-refractivity contribution in [2.24, 2.45) is 0 Å². The van der Waals surface area contributed by atoms with Gasteiger partial charge in [0.05, 0.1) is 13.1 Å². The zero-order valence-electron chi connectivity index (χ0n) is 17.7. The number of nitrogens with zero attached hydrogens (tertiary/aromatic N) is 3. The number of carbonyl (C=O) groups is 1. The normalized spacial score (nSPS) is 11.3. The first-order chi connectivity index (χ1) is 13.8. The van der Waals surface area contributed by atoms with E-state index in [0.717, 1.165) is 22.4 Å². The van der Waals surface area contributed by atoms with Crippen molar-refractivity contribution in [1.82, 2.24) is 15.0 Å². The number of anilines is 1. The van der Waals surface area contributed by atoms with E-state index in [-0.39, 0.29) is 12.5 Å². The van der Waals surface area contributed by atoms with Gasteiger partial charge in [0.25, 0.3) is 0 Å². The molecule has 0 radical (unpaired) electrons. The average molecular weight is 393 g/mol. The van der Waals surface area contributed by atoms with Crippen LogP contribution in [-0.2, 0) is 11.3 Å². The van der Waals surface area contributed by atoms with Crippen LogP contribution in [0, 0.1) is 13.8 Å². The number of aromatic nitrogens is 2. The highest BCUT2D eigenvalue weighted by Crippen LogP contribution is 2.21. The molecule has 0 saturated heterocycles. The minimum atomic E-state index is -0.0785. The molecule has 1 aromatic heterocycles. The Morgan fingerprint density at radius 3 is 2.55 bits per heavy atom. The zero-order chi connectivity index (χ0) is 21.0. The molecule has 1 heterocycles. The third-order valence-corrected chi connectivity index (χ3v) is 5.00. The maximum Gasteiger partial charge on any atom is 0.241 e. The molecule has 0 aliphatic rings. The minimum Gasteiger partial charge on any atom is -0.338 e. The average Bonchev–Trinajstić information content (AvgIpc) is 3.13. The van der Waals surface area contributed by atoms with Gasteiger partial charge in [-0.2, -0.15) is 4.98 Å². The minimum absolute atomic E-state index is 0.0785. The predicted octanol–water partition coefficient (Wildman–Crippen LogP) is 4.55. The Morgan fingerprint density at radius 1 is 1.14 bits per heavy atom. The van der Waals surface area contributed by atoms with Crippen molar-refractivity contribution in [2.45, 2.75) is 40.2 Å². The molecule has 29 heavy (non-hydrogen) atoms. The number of hydrogen-bond acceptors (Lipinski definition) is 5. The molecule has 1 amide bonds. The predicted molar refractivity (Wildman–Crippen MR) is 115 cm³/mol. The maximum atomic E-state index is 12.4. The van der Waals surface area contributed by atoms with Gasteiger partial charge >= 0.3 is 0 Å². The molecule has 152 valence electrons. The van der Waals surface area contributed by atoms with Crippen LogP contribution >= 0.6 is 0 Å². The topological polar surface area (TPSA) is 71.3 Å². The standard InChI is InChI=1S/C23H28N4O2/c1-15(2)18-9-11-19(12-10-18)23-25-22(29-26-23)14-27(5)13-21(28)24-20-8-6-7-16(3)17(20)4/h6-12,15H,13-14H2,1-5H3,(H,24,28). The lowest BCUT2D eigenvalue weighted by Gasteiger charge is -2.15. The molecule has 0 aliphatic heterocycles. The molecule has 0 spiro atoms. The van der Waals surface area contributed by atoms with Gasteiger partial charge in [-0.1, -0.05) is 55.4 Å². The van der Waals surface area contributed by atoms with Gasteiger partial charge in [-0.3, -0.25) is 9.69 Å². The summed E-state index contributed by atoms with van der Waals surface area (Å²) >= 11 is 0. The van der Waals surface area contributed by atoms with Gasteiger partial charge in [0.15, 0.2) is 0 Å². The molecule has 0 bridgehead atoms. The van der Waals surface area contributed by atoms with Crippen molar-refractivity contribution >= 4 is 11.6 Å². The highest BCUT2D eigenvalue weighted by Gasteiger charge is 2.14. The third kappa shape index (κ3) is 5.29. The lowest BCUT2D eigenvalue weighted by Crippen LogP contribution is -2.30. The first kappa shape index (κ1) is 20.7. The van der Waals surface area contributed by atoms with Gasteiger partial charge in [-0.05, 0) is 49.6 Å². The number of aryl methyl sites for hydroxylation is 1. The summed E-state index contributed by atoms with van der Waals surface area (Å²) in [5.74, 6) is 1.44. The molecule has 6 heteroatoms. The Morgan fingerprint density at radius 2 is 1.86 bits per heavy atom. The summed E-state index contributed by atoms with van der Waals surface area (Å²) in [6.45, 7) is 8.98. The van der Waals surface area contributed by atoms with Crippen molar-refractivity contribution in [2.75, 3.05) is 18.9 Å². The van der Waals surface area contributed by atoms with Crippen LogP contribution in [0.2, 0.25) is 0 Å². The van der Waals surface area contributed by atoms with E-state index in [9.17, 15) is 4.79 Å². The largest absolute Gasteiger partial charge is 0.338 e. The molecule has 6 nitrogen and oxygen atoms in total. The second-order valence-corrected chi connectivity index (χ2v) is 7.76. The number of rotatable bonds is 7. The monoisotopic (exact) mass is 392 g/mol. The fraction of sp³-hybridized carbons (Fsp3) is 0.348. The van der Waals surface area contributed by atoms with Crippen LogP contribution in [-0.4, -0.2) is 34.5 Å². The summed E-state index contributed by atoms with van der Waals surface area (Å²) < 4.78 is 5.37. The SMILES string of the molecule is Cc1cccc(NC(=O)CN(C)Cc2nc(-c3ccc(C(C)C)cc3)no2)c1C. The molecule has 0 aliphatic carbocycles. The molecular formula is C23H28N4O2. The fourth-order valence-corrected chi connectivity index (χ4v) is 3.06. The van der Waals surface area contributed by atoms with E-state index in [2.05, 4.69) is 41.4 Å². The molecule has 3 aromatic rings. The third-order valence-electron chi connectivity index (χ3n) is 5.00. The Kier molecular flexibility index (Phi) is 6.44. The Balaban J connectivity index is 1.57. The highest BCUT2D eigenvalue weighted by molar-refractivity contribution is 5.93. The van der Waals surface area contributed by atoms with Crippen molar-refractivity contribution in [3.63, 3.8) is 0 Å². The van der Waals surface area contributed by atoms with Gasteiger partial charge in [0, 0.05) is 11.3 Å². The molecule has 0 saturated carbocycles. The van der Waals surface area contributed by atoms with E-state index in [1.165, 1.54) is 5.56 Å². The van der Waals surface area contributed by atoms with E-state index in [1.54, 1.807) is 0 Å². The van der Waals surface area contributed by atoms with Crippen LogP contribution in [0.15, 0.2) is 47.0 Å². The first-order valence-electron chi connectivity index (χ1n) is 9.81. The lowest BCUT2D eigenvalue weighted by molar-refractivity contribution is -0.117. The van der Waals surface area contributed by atoms with Gasteiger partial charge < -0.3 is 9.84 Å². The number of likely N-dealkylation sites (N-methyl/N-ethyl adjacent to an activating group) is 1. The van der Waals surface area contributed by atoms with Crippen molar-refractivity contribution in [3.05, 3.63) is 65.0 Å². The smallest absolute Gasteiger partial charge is 0.241 e. The van der Waals surface area contributed by atoms with Crippen LogP contribution in [0.5, 0.6) is 0 Å². The molecule has 1 N–H and O–H groups in total. The van der Waals surface area contributed by atoms with Gasteiger partial charge in [-0.25, -0.2) is 0 Å². The molecule has 0 unspecified atom stereocenters. The Labute approximate surface area is 171 Å². The van der Waals surface area contributed by atoms with E-state index in [1.807, 2.05) is 56.1 Å². The molecule has 0 atom stereocenters. The molecule has 2 aromatic carbocycles. The zero-order valence-corrected chi connectivity index (χ0v) is 17.7. The first-order valence-corrected chi connectivity index (χ1v) is 9.81. The summed E-state index contributed by atoms with van der Waals surface area (Å²) in [5.41, 5.74) is 5.25. The summed E-state index contributed by atoms with van der Waals surface area (Å²) in [7, 11) is 1.85. The molecule has 3 rings (SSSR count). The number of benzene rings is 2. The number of carbonyl (C=O) groups excluding carboxylic acids is 1. The quantitative estimate of drug-likeness (QED) is 0.639. The van der Waals surface area contributed by atoms with Crippen molar-refractivity contribution < 1.29 is 9.32 Å². The summed E-state index contributed by atoms with van der Waals surface area (Å²) in [5, 5.41) is 7.03. The van der Waals surface area contributed by atoms with E-state index < -0.39 is 0 Å². The van der Waals surface area contributed by atoms with E-state index >= 15 is 0 Å².